The molecule has 2 aromatic rings. The highest BCUT2D eigenvalue weighted by molar-refractivity contribution is 5.37. The number of hydrogen-bond donors (Lipinski definition) is 1. The van der Waals surface area contributed by atoms with Crippen molar-refractivity contribution >= 4 is 0 Å². The number of aromatic nitrogens is 2. The van der Waals surface area contributed by atoms with Crippen LogP contribution >= 0.6 is 0 Å². The van der Waals surface area contributed by atoms with Crippen LogP contribution < -0.4 is 5.32 Å². The number of rotatable bonds is 4. The Hall–Kier alpha value is -1.75. The first-order valence-corrected chi connectivity index (χ1v) is 6.28. The molecule has 0 spiro atoms. The van der Waals surface area contributed by atoms with Gasteiger partial charge in [-0.25, -0.2) is 13.5 Å². The lowest BCUT2D eigenvalue weighted by Gasteiger charge is -2.12. The molecule has 5 heteroatoms. The maximum Gasteiger partial charge on any atom is 0.151 e. The molecule has 102 valence electrons. The molecule has 0 aliphatic carbocycles. The minimum absolute atomic E-state index is 0.141. The fourth-order valence-corrected chi connectivity index (χ4v) is 2.16. The topological polar surface area (TPSA) is 29.9 Å². The summed E-state index contributed by atoms with van der Waals surface area (Å²) in [7, 11) is 0. The molecule has 2 rings (SSSR count). The second-order valence-corrected chi connectivity index (χ2v) is 4.47. The normalized spacial score (nSPS) is 12.7. The van der Waals surface area contributed by atoms with Crippen molar-refractivity contribution in [2.75, 3.05) is 6.54 Å². The van der Waals surface area contributed by atoms with E-state index in [1.165, 1.54) is 16.8 Å². The number of nitrogens with zero attached hydrogens (tertiary/aromatic N) is 2. The Morgan fingerprint density at radius 1 is 1.37 bits per heavy atom. The van der Waals surface area contributed by atoms with Gasteiger partial charge in [0.15, 0.2) is 5.82 Å². The summed E-state index contributed by atoms with van der Waals surface area (Å²) in [6.07, 6.45) is 1.71. The van der Waals surface area contributed by atoms with Crippen molar-refractivity contribution in [1.82, 2.24) is 15.1 Å². The Morgan fingerprint density at radius 2 is 2.11 bits per heavy atom. The standard InChI is InChI=1S/C14H17F2N3/c1-4-17-9(2)12-8-18-19(10(12)3)14-6-5-11(15)7-13(14)16/h5-9,17H,4H2,1-3H3. The third-order valence-electron chi connectivity index (χ3n) is 3.16. The summed E-state index contributed by atoms with van der Waals surface area (Å²) >= 11 is 0. The number of nitrogens with one attached hydrogen (secondary N) is 1. The lowest BCUT2D eigenvalue weighted by molar-refractivity contribution is 0.571. The summed E-state index contributed by atoms with van der Waals surface area (Å²) in [5, 5.41) is 7.48. The molecule has 3 nitrogen and oxygen atoms in total. The van der Waals surface area contributed by atoms with E-state index < -0.39 is 11.6 Å². The first-order valence-electron chi connectivity index (χ1n) is 6.28. The molecule has 0 aliphatic heterocycles. The average Bonchev–Trinajstić information content (AvgIpc) is 2.72. The third kappa shape index (κ3) is 2.66. The van der Waals surface area contributed by atoms with E-state index in [0.717, 1.165) is 23.9 Å². The Bertz CT molecular complexity index is 578. The van der Waals surface area contributed by atoms with Crippen molar-refractivity contribution in [1.29, 1.82) is 0 Å². The van der Waals surface area contributed by atoms with Crippen molar-refractivity contribution < 1.29 is 8.78 Å². The zero-order valence-electron chi connectivity index (χ0n) is 11.2. The fraction of sp³-hybridized carbons (Fsp3) is 0.357. The van der Waals surface area contributed by atoms with Gasteiger partial charge in [-0.05, 0) is 32.5 Å². The molecule has 1 N–H and O–H groups in total. The zero-order valence-corrected chi connectivity index (χ0v) is 11.2. The molecule has 0 aliphatic rings. The minimum atomic E-state index is -0.617. The van der Waals surface area contributed by atoms with E-state index in [1.54, 1.807) is 6.20 Å². The van der Waals surface area contributed by atoms with E-state index in [9.17, 15) is 8.78 Å². The molecule has 0 fully saturated rings. The molecule has 19 heavy (non-hydrogen) atoms. The lowest BCUT2D eigenvalue weighted by atomic mass is 10.1. The van der Waals surface area contributed by atoms with E-state index in [0.29, 0.717) is 0 Å². The van der Waals surface area contributed by atoms with Gasteiger partial charge in [-0.15, -0.1) is 0 Å². The van der Waals surface area contributed by atoms with Crippen LogP contribution in [0.5, 0.6) is 0 Å². The molecule has 1 heterocycles. The highest BCUT2D eigenvalue weighted by Gasteiger charge is 2.15. The van der Waals surface area contributed by atoms with Crippen LogP contribution in [0.2, 0.25) is 0 Å². The number of hydrogen-bond acceptors (Lipinski definition) is 2. The largest absolute Gasteiger partial charge is 0.310 e. The summed E-state index contributed by atoms with van der Waals surface area (Å²) in [6.45, 7) is 6.77. The second kappa shape index (κ2) is 5.48. The predicted octanol–water partition coefficient (Wildman–Crippen LogP) is 3.13. The SMILES string of the molecule is CCNC(C)c1cnn(-c2ccc(F)cc2F)c1C. The van der Waals surface area contributed by atoms with Crippen LogP contribution in [0, 0.1) is 18.6 Å². The van der Waals surface area contributed by atoms with Crippen LogP contribution in [0.15, 0.2) is 24.4 Å². The van der Waals surface area contributed by atoms with Gasteiger partial charge in [-0.3, -0.25) is 0 Å². The quantitative estimate of drug-likeness (QED) is 0.920. The molecule has 1 unspecified atom stereocenters. The molecule has 0 saturated carbocycles. The van der Waals surface area contributed by atoms with Gasteiger partial charge in [0.25, 0.3) is 0 Å². The van der Waals surface area contributed by atoms with Crippen LogP contribution in [0.3, 0.4) is 0 Å². The monoisotopic (exact) mass is 265 g/mol. The van der Waals surface area contributed by atoms with Gasteiger partial charge in [0.1, 0.15) is 11.5 Å². The van der Waals surface area contributed by atoms with E-state index in [1.807, 2.05) is 20.8 Å². The van der Waals surface area contributed by atoms with Gasteiger partial charge in [-0.2, -0.15) is 5.10 Å². The number of halogens is 2. The Balaban J connectivity index is 2.41. The van der Waals surface area contributed by atoms with Gasteiger partial charge in [0.05, 0.1) is 6.20 Å². The van der Waals surface area contributed by atoms with Crippen LogP contribution in [-0.4, -0.2) is 16.3 Å². The Labute approximate surface area is 111 Å². The van der Waals surface area contributed by atoms with E-state index >= 15 is 0 Å². The van der Waals surface area contributed by atoms with Crippen LogP contribution in [0.4, 0.5) is 8.78 Å². The molecule has 0 radical (unpaired) electrons. The summed E-state index contributed by atoms with van der Waals surface area (Å²) < 4.78 is 28.2. The summed E-state index contributed by atoms with van der Waals surface area (Å²) in [6, 6.07) is 3.63. The van der Waals surface area contributed by atoms with Gasteiger partial charge in [0, 0.05) is 23.4 Å². The molecule has 1 aromatic heterocycles. The first kappa shape index (κ1) is 13.7. The maximum absolute atomic E-state index is 13.8. The van der Waals surface area contributed by atoms with Crippen LogP contribution in [0.1, 0.15) is 31.1 Å². The van der Waals surface area contributed by atoms with Gasteiger partial charge in [0.2, 0.25) is 0 Å². The molecule has 0 saturated heterocycles. The maximum atomic E-state index is 13.8. The Kier molecular flexibility index (Phi) is 3.95. The minimum Gasteiger partial charge on any atom is -0.310 e. The zero-order chi connectivity index (χ0) is 14.0. The second-order valence-electron chi connectivity index (χ2n) is 4.47. The lowest BCUT2D eigenvalue weighted by Crippen LogP contribution is -2.18. The van der Waals surface area contributed by atoms with Crippen molar-refractivity contribution in [3.8, 4) is 5.69 Å². The fourth-order valence-electron chi connectivity index (χ4n) is 2.16. The predicted molar refractivity (Wildman–Crippen MR) is 70.3 cm³/mol. The van der Waals surface area contributed by atoms with Crippen molar-refractivity contribution in [2.45, 2.75) is 26.8 Å². The first-order chi connectivity index (χ1) is 9.04. The van der Waals surface area contributed by atoms with Crippen molar-refractivity contribution in [3.63, 3.8) is 0 Å². The van der Waals surface area contributed by atoms with Crippen molar-refractivity contribution in [2.24, 2.45) is 0 Å². The molecular formula is C14H17F2N3. The van der Waals surface area contributed by atoms with Gasteiger partial charge in [-0.1, -0.05) is 6.92 Å². The molecule has 0 bridgehead atoms. The van der Waals surface area contributed by atoms with Gasteiger partial charge < -0.3 is 5.32 Å². The Morgan fingerprint density at radius 3 is 2.74 bits per heavy atom. The average molecular weight is 265 g/mol. The van der Waals surface area contributed by atoms with Crippen LogP contribution in [-0.2, 0) is 0 Å². The molecule has 1 aromatic carbocycles. The van der Waals surface area contributed by atoms with E-state index in [4.69, 9.17) is 0 Å². The third-order valence-corrected chi connectivity index (χ3v) is 3.16. The van der Waals surface area contributed by atoms with Crippen molar-refractivity contribution in [3.05, 3.63) is 47.3 Å². The number of benzene rings is 1. The summed E-state index contributed by atoms with van der Waals surface area (Å²) in [4.78, 5) is 0. The van der Waals surface area contributed by atoms with Gasteiger partial charge >= 0.3 is 0 Å². The highest BCUT2D eigenvalue weighted by Crippen LogP contribution is 2.22. The van der Waals surface area contributed by atoms with E-state index in [2.05, 4.69) is 10.4 Å². The van der Waals surface area contributed by atoms with Crippen LogP contribution in [0.25, 0.3) is 5.69 Å². The molecule has 0 amide bonds. The molecular weight excluding hydrogens is 248 g/mol. The highest BCUT2D eigenvalue weighted by atomic mass is 19.1. The van der Waals surface area contributed by atoms with E-state index in [-0.39, 0.29) is 11.7 Å². The molecule has 1 atom stereocenters. The smallest absolute Gasteiger partial charge is 0.151 e. The summed E-state index contributed by atoms with van der Waals surface area (Å²) in [5.74, 6) is -1.21. The summed E-state index contributed by atoms with van der Waals surface area (Å²) in [5.41, 5.74) is 2.11.